The summed E-state index contributed by atoms with van der Waals surface area (Å²) in [7, 11) is 2.26. The zero-order chi connectivity index (χ0) is 10.2. The second-order valence-corrected chi connectivity index (χ2v) is 5.30. The lowest BCUT2D eigenvalue weighted by atomic mass is 9.88. The van der Waals surface area contributed by atoms with E-state index in [-0.39, 0.29) is 5.60 Å². The number of likely N-dealkylation sites (N-methyl/N-ethyl adjacent to an activating group) is 1. The number of hydrogen-bond acceptors (Lipinski definition) is 2. The molecule has 1 saturated heterocycles. The van der Waals surface area contributed by atoms with Crippen LogP contribution in [0.15, 0.2) is 0 Å². The van der Waals surface area contributed by atoms with Gasteiger partial charge in [0.05, 0.1) is 11.7 Å². The van der Waals surface area contributed by atoms with Crippen LogP contribution in [-0.4, -0.2) is 36.2 Å². The van der Waals surface area contributed by atoms with E-state index in [0.717, 1.165) is 6.54 Å². The lowest BCUT2D eigenvalue weighted by Crippen LogP contribution is -2.58. The van der Waals surface area contributed by atoms with E-state index in [9.17, 15) is 0 Å². The van der Waals surface area contributed by atoms with Crippen molar-refractivity contribution in [1.82, 2.24) is 4.90 Å². The lowest BCUT2D eigenvalue weighted by molar-refractivity contribution is -0.169. The molecule has 2 rings (SSSR count). The van der Waals surface area contributed by atoms with Crippen molar-refractivity contribution in [3.05, 3.63) is 0 Å². The van der Waals surface area contributed by atoms with Crippen molar-refractivity contribution in [3.8, 4) is 0 Å². The average Bonchev–Trinajstić information content (AvgIpc) is 2.25. The van der Waals surface area contributed by atoms with Gasteiger partial charge in [0.15, 0.2) is 0 Å². The van der Waals surface area contributed by atoms with Gasteiger partial charge < -0.3 is 4.74 Å². The van der Waals surface area contributed by atoms with Crippen LogP contribution in [0.4, 0.5) is 0 Å². The first-order chi connectivity index (χ1) is 6.62. The maximum absolute atomic E-state index is 6.19. The normalized spacial score (nSPS) is 45.6. The molecule has 1 aliphatic heterocycles. The molecule has 2 heteroatoms. The standard InChI is InChI=1S/C12H23NO/c1-10-9-13(3)11-7-5-4-6-8-12(11,2)14-10/h10-11H,4-9H2,1-3H3. The molecule has 2 nitrogen and oxygen atoms in total. The fraction of sp³-hybridized carbons (Fsp3) is 1.00. The minimum absolute atomic E-state index is 0.128. The molecule has 82 valence electrons. The highest BCUT2D eigenvalue weighted by Gasteiger charge is 2.43. The molecule has 2 aliphatic rings. The fourth-order valence-corrected chi connectivity index (χ4v) is 3.32. The van der Waals surface area contributed by atoms with Gasteiger partial charge in [-0.15, -0.1) is 0 Å². The number of fused-ring (bicyclic) bond motifs is 1. The fourth-order valence-electron chi connectivity index (χ4n) is 3.32. The van der Waals surface area contributed by atoms with E-state index < -0.39 is 0 Å². The summed E-state index contributed by atoms with van der Waals surface area (Å²) in [6.45, 7) is 5.61. The molecule has 0 aromatic carbocycles. The highest BCUT2D eigenvalue weighted by atomic mass is 16.5. The predicted molar refractivity (Wildman–Crippen MR) is 58.5 cm³/mol. The van der Waals surface area contributed by atoms with Crippen molar-refractivity contribution in [2.45, 2.75) is 63.7 Å². The van der Waals surface area contributed by atoms with Crippen molar-refractivity contribution < 1.29 is 4.74 Å². The van der Waals surface area contributed by atoms with Crippen molar-refractivity contribution in [1.29, 1.82) is 0 Å². The lowest BCUT2D eigenvalue weighted by Gasteiger charge is -2.48. The third kappa shape index (κ3) is 1.82. The molecular weight excluding hydrogens is 174 g/mol. The van der Waals surface area contributed by atoms with E-state index in [0.29, 0.717) is 12.1 Å². The molecule has 0 aromatic rings. The topological polar surface area (TPSA) is 12.5 Å². The third-order valence-electron chi connectivity index (χ3n) is 3.90. The maximum Gasteiger partial charge on any atom is 0.0813 e. The van der Waals surface area contributed by atoms with E-state index in [1.54, 1.807) is 0 Å². The number of rotatable bonds is 0. The van der Waals surface area contributed by atoms with Crippen LogP contribution in [0.5, 0.6) is 0 Å². The summed E-state index contributed by atoms with van der Waals surface area (Å²) in [5.74, 6) is 0. The van der Waals surface area contributed by atoms with Gasteiger partial charge >= 0.3 is 0 Å². The van der Waals surface area contributed by atoms with Crippen LogP contribution in [0.1, 0.15) is 46.0 Å². The monoisotopic (exact) mass is 197 g/mol. The van der Waals surface area contributed by atoms with Gasteiger partial charge in [-0.25, -0.2) is 0 Å². The van der Waals surface area contributed by atoms with Gasteiger partial charge in [0.2, 0.25) is 0 Å². The second kappa shape index (κ2) is 3.82. The Morgan fingerprint density at radius 2 is 2.07 bits per heavy atom. The summed E-state index contributed by atoms with van der Waals surface area (Å²) in [5, 5.41) is 0. The summed E-state index contributed by atoms with van der Waals surface area (Å²) in [5.41, 5.74) is 0.128. The Morgan fingerprint density at radius 3 is 2.86 bits per heavy atom. The van der Waals surface area contributed by atoms with E-state index in [1.807, 2.05) is 0 Å². The molecule has 1 heterocycles. The van der Waals surface area contributed by atoms with Gasteiger partial charge in [-0.1, -0.05) is 19.3 Å². The highest BCUT2D eigenvalue weighted by Crippen LogP contribution is 2.37. The molecule has 2 fully saturated rings. The number of nitrogens with zero attached hydrogens (tertiary/aromatic N) is 1. The highest BCUT2D eigenvalue weighted by molar-refractivity contribution is 4.96. The predicted octanol–water partition coefficient (Wildman–Crippen LogP) is 2.43. The first kappa shape index (κ1) is 10.4. The van der Waals surface area contributed by atoms with E-state index in [1.165, 1.54) is 32.1 Å². The van der Waals surface area contributed by atoms with Crippen LogP contribution in [0.25, 0.3) is 0 Å². The Morgan fingerprint density at radius 1 is 1.29 bits per heavy atom. The quantitative estimate of drug-likeness (QED) is 0.591. The summed E-state index contributed by atoms with van der Waals surface area (Å²) in [4.78, 5) is 2.51. The molecular formula is C12H23NO. The van der Waals surface area contributed by atoms with Gasteiger partial charge in [-0.3, -0.25) is 4.90 Å². The Balaban J connectivity index is 2.16. The van der Waals surface area contributed by atoms with Crippen molar-refractivity contribution >= 4 is 0 Å². The molecule has 0 amide bonds. The first-order valence-electron chi connectivity index (χ1n) is 6.00. The minimum Gasteiger partial charge on any atom is -0.369 e. The molecule has 0 spiro atoms. The van der Waals surface area contributed by atoms with Gasteiger partial charge in [0.1, 0.15) is 0 Å². The van der Waals surface area contributed by atoms with E-state index in [4.69, 9.17) is 4.74 Å². The number of morpholine rings is 1. The summed E-state index contributed by atoms with van der Waals surface area (Å²) in [6.07, 6.45) is 7.07. The number of hydrogen-bond donors (Lipinski definition) is 0. The van der Waals surface area contributed by atoms with E-state index >= 15 is 0 Å². The van der Waals surface area contributed by atoms with Crippen LogP contribution in [0.3, 0.4) is 0 Å². The maximum atomic E-state index is 6.19. The molecule has 1 saturated carbocycles. The molecule has 0 bridgehead atoms. The largest absolute Gasteiger partial charge is 0.369 e. The molecule has 0 aromatic heterocycles. The Hall–Kier alpha value is -0.0800. The van der Waals surface area contributed by atoms with Crippen LogP contribution < -0.4 is 0 Å². The third-order valence-corrected chi connectivity index (χ3v) is 3.90. The smallest absolute Gasteiger partial charge is 0.0813 e. The summed E-state index contributed by atoms with van der Waals surface area (Å²) in [6, 6.07) is 0.654. The Kier molecular flexibility index (Phi) is 2.85. The molecule has 3 atom stereocenters. The van der Waals surface area contributed by atoms with Crippen molar-refractivity contribution in [2.24, 2.45) is 0 Å². The van der Waals surface area contributed by atoms with Crippen LogP contribution >= 0.6 is 0 Å². The SMILES string of the molecule is CC1CN(C)C2CCCCCC2(C)O1. The molecule has 0 N–H and O–H groups in total. The van der Waals surface area contributed by atoms with Gasteiger partial charge in [0, 0.05) is 12.6 Å². The molecule has 0 radical (unpaired) electrons. The Labute approximate surface area is 87.6 Å². The zero-order valence-electron chi connectivity index (χ0n) is 9.75. The summed E-state index contributed by atoms with van der Waals surface area (Å²) >= 11 is 0. The average molecular weight is 197 g/mol. The zero-order valence-corrected chi connectivity index (χ0v) is 9.75. The van der Waals surface area contributed by atoms with Gasteiger partial charge in [0.25, 0.3) is 0 Å². The molecule has 14 heavy (non-hydrogen) atoms. The van der Waals surface area contributed by atoms with Gasteiger partial charge in [-0.2, -0.15) is 0 Å². The molecule has 3 unspecified atom stereocenters. The Bertz CT molecular complexity index is 206. The van der Waals surface area contributed by atoms with Crippen molar-refractivity contribution in [2.75, 3.05) is 13.6 Å². The molecule has 1 aliphatic carbocycles. The van der Waals surface area contributed by atoms with Crippen LogP contribution in [0, 0.1) is 0 Å². The van der Waals surface area contributed by atoms with Crippen molar-refractivity contribution in [3.63, 3.8) is 0 Å². The summed E-state index contributed by atoms with van der Waals surface area (Å²) < 4.78 is 6.19. The first-order valence-corrected chi connectivity index (χ1v) is 6.00. The minimum atomic E-state index is 0.128. The van der Waals surface area contributed by atoms with Gasteiger partial charge in [-0.05, 0) is 33.7 Å². The van der Waals surface area contributed by atoms with Crippen LogP contribution in [-0.2, 0) is 4.74 Å². The van der Waals surface area contributed by atoms with E-state index in [2.05, 4.69) is 25.8 Å². The number of ether oxygens (including phenoxy) is 1. The second-order valence-electron chi connectivity index (χ2n) is 5.30. The van der Waals surface area contributed by atoms with Crippen LogP contribution in [0.2, 0.25) is 0 Å².